The second kappa shape index (κ2) is 10.0. The van der Waals surface area contributed by atoms with E-state index in [0.717, 1.165) is 0 Å². The minimum Gasteiger partial charge on any atom is -0.502 e. The highest BCUT2D eigenvalue weighted by Gasteiger charge is 2.40. The third-order valence-corrected chi connectivity index (χ3v) is 7.00. The lowest BCUT2D eigenvalue weighted by Gasteiger charge is -2.33. The number of nitrogens with one attached hydrogen (secondary N) is 1. The van der Waals surface area contributed by atoms with Gasteiger partial charge in [0.2, 0.25) is 17.7 Å². The number of carbonyl (C=O) groups is 4. The average molecular weight is 503 g/mol. The molecule has 38 heavy (non-hydrogen) atoms. The lowest BCUT2D eigenvalue weighted by atomic mass is 9.57. The maximum Gasteiger partial charge on any atom is 0.255 e. The molecule has 4 amide bonds. The number of fused-ring (bicyclic) bond motifs is 1. The Balaban J connectivity index is 1.38. The Morgan fingerprint density at radius 2 is 1.89 bits per heavy atom. The summed E-state index contributed by atoms with van der Waals surface area (Å²) in [6.07, 6.45) is 0.376. The van der Waals surface area contributed by atoms with E-state index in [1.165, 1.54) is 11.0 Å². The molecule has 184 valence electrons. The van der Waals surface area contributed by atoms with E-state index in [0.29, 0.717) is 35.3 Å². The number of hydrogen-bond acceptors (Lipinski definition) is 6. The van der Waals surface area contributed by atoms with Crippen LogP contribution in [0.3, 0.4) is 0 Å². The Labute approximate surface area is 225 Å². The summed E-state index contributed by atoms with van der Waals surface area (Å²) in [5, 5.41) is 0.351. The first-order valence-corrected chi connectivity index (χ1v) is 12.1. The molecule has 0 aliphatic carbocycles. The topological polar surface area (TPSA) is 105 Å². The first kappa shape index (κ1) is 26.2. The number of carbonyl (C=O) groups excluding carboxylic acids is 4. The molecule has 5 rings (SSSR count). The fourth-order valence-electron chi connectivity index (χ4n) is 4.97. The summed E-state index contributed by atoms with van der Waals surface area (Å²) >= 11 is 0. The van der Waals surface area contributed by atoms with E-state index < -0.39 is 17.3 Å². The summed E-state index contributed by atoms with van der Waals surface area (Å²) < 4.78 is 11.2. The third-order valence-electron chi connectivity index (χ3n) is 7.00. The van der Waals surface area contributed by atoms with Gasteiger partial charge in [-0.05, 0) is 29.7 Å². The van der Waals surface area contributed by atoms with Crippen LogP contribution >= 0.6 is 0 Å². The predicted octanol–water partition coefficient (Wildman–Crippen LogP) is -2.08. The number of hydrogen-bond donors (Lipinski definition) is 1. The number of rotatable bonds is 6. The van der Waals surface area contributed by atoms with Gasteiger partial charge in [-0.2, -0.15) is 0 Å². The minimum atomic E-state index is -1.92. The molecule has 2 aromatic rings. The molecule has 1 N–H and O–H groups in total. The van der Waals surface area contributed by atoms with Crippen LogP contribution in [0.5, 0.6) is 5.75 Å². The van der Waals surface area contributed by atoms with Gasteiger partial charge in [0.1, 0.15) is 49.8 Å². The predicted molar refractivity (Wildman–Crippen MR) is 140 cm³/mol. The second-order valence-electron chi connectivity index (χ2n) is 9.58. The lowest BCUT2D eigenvalue weighted by Crippen LogP contribution is -2.52. The molecule has 8 radical (unpaired) electrons. The zero-order valence-corrected chi connectivity index (χ0v) is 20.6. The largest absolute Gasteiger partial charge is 0.502 e. The van der Waals surface area contributed by atoms with Crippen LogP contribution in [-0.2, 0) is 37.6 Å². The van der Waals surface area contributed by atoms with Gasteiger partial charge in [0.05, 0.1) is 13.2 Å². The van der Waals surface area contributed by atoms with Crippen LogP contribution in [-0.4, -0.2) is 90.6 Å². The molecule has 3 heterocycles. The Kier molecular flexibility index (Phi) is 6.90. The monoisotopic (exact) mass is 503 g/mol. The van der Waals surface area contributed by atoms with Gasteiger partial charge in [-0.25, -0.2) is 0 Å². The highest BCUT2D eigenvalue weighted by Crippen LogP contribution is 2.35. The zero-order valence-electron chi connectivity index (χ0n) is 20.6. The van der Waals surface area contributed by atoms with Gasteiger partial charge in [0, 0.05) is 36.0 Å². The van der Waals surface area contributed by atoms with Crippen molar-refractivity contribution < 1.29 is 28.7 Å². The summed E-state index contributed by atoms with van der Waals surface area (Å²) in [7, 11) is 25.3. The van der Waals surface area contributed by atoms with E-state index in [1.54, 1.807) is 29.2 Å². The van der Waals surface area contributed by atoms with Crippen molar-refractivity contribution in [2.75, 3.05) is 19.8 Å². The Morgan fingerprint density at radius 1 is 1.11 bits per heavy atom. The third kappa shape index (κ3) is 4.87. The van der Waals surface area contributed by atoms with Crippen LogP contribution in [0.15, 0.2) is 30.3 Å². The molecule has 3 aliphatic heterocycles. The molecule has 1 unspecified atom stereocenters. The molecular weight excluding hydrogens is 482 g/mol. The molecule has 2 saturated heterocycles. The Hall–Kier alpha value is -3.46. The maximum absolute atomic E-state index is 13.1. The Morgan fingerprint density at radius 3 is 2.63 bits per heavy atom. The Bertz CT molecular complexity index is 1350. The van der Waals surface area contributed by atoms with Crippen molar-refractivity contribution in [2.45, 2.75) is 37.4 Å². The molecular formula is C25H21B4N3O6. The van der Waals surface area contributed by atoms with Crippen molar-refractivity contribution in [3.63, 3.8) is 0 Å². The summed E-state index contributed by atoms with van der Waals surface area (Å²) in [6.45, 7) is 1.23. The van der Waals surface area contributed by atoms with E-state index in [2.05, 4.69) is 5.32 Å². The molecule has 0 saturated carbocycles. The summed E-state index contributed by atoms with van der Waals surface area (Å²) in [4.78, 5) is 52.2. The second-order valence-corrected chi connectivity index (χ2v) is 9.58. The zero-order chi connectivity index (χ0) is 27.2. The molecule has 0 spiro atoms. The molecule has 0 bridgehead atoms. The van der Waals surface area contributed by atoms with Gasteiger partial charge in [0.15, 0.2) is 0 Å². The van der Waals surface area contributed by atoms with Crippen LogP contribution in [0.2, 0.25) is 0 Å². The van der Waals surface area contributed by atoms with E-state index >= 15 is 0 Å². The van der Waals surface area contributed by atoms with Crippen molar-refractivity contribution in [1.82, 2.24) is 15.1 Å². The van der Waals surface area contributed by atoms with Crippen molar-refractivity contribution >= 4 is 65.9 Å². The SMILES string of the molecule is [B]c1cc(C([B])([B])Oc2cccc3c2CN(C2CCC(=O)NC2=O)C3=O)c([B])cc1CN1CCOCC1=O. The van der Waals surface area contributed by atoms with Crippen molar-refractivity contribution in [1.29, 1.82) is 0 Å². The number of nitrogens with zero attached hydrogens (tertiary/aromatic N) is 2. The first-order valence-electron chi connectivity index (χ1n) is 12.1. The summed E-state index contributed by atoms with van der Waals surface area (Å²) in [5.74, 6) is -1.14. The van der Waals surface area contributed by atoms with E-state index in [9.17, 15) is 19.2 Å². The number of ether oxygens (including phenoxy) is 2. The average Bonchev–Trinajstić information content (AvgIpc) is 3.19. The normalized spacial score (nSPS) is 19.9. The van der Waals surface area contributed by atoms with E-state index in [1.807, 2.05) is 0 Å². The standard InChI is InChI=1S/C25H21B4N3O6/c26-17-9-16(18(27)8-13(17)10-31-6-7-37-12-22(31)34)25(28,29)38-20-3-1-2-14-15(20)11-32(24(14)36)19-4-5-21(33)30-23(19)35/h1-3,8-9,19H,4-7,10-12H2,(H,30,33,35). The molecule has 2 aromatic carbocycles. The number of benzene rings is 2. The first-order chi connectivity index (χ1) is 18.0. The number of amides is 4. The van der Waals surface area contributed by atoms with Gasteiger partial charge in [0.25, 0.3) is 5.91 Å². The van der Waals surface area contributed by atoms with Crippen molar-refractivity contribution in [3.8, 4) is 5.75 Å². The van der Waals surface area contributed by atoms with Gasteiger partial charge in [-0.3, -0.25) is 24.5 Å². The van der Waals surface area contributed by atoms with E-state index in [-0.39, 0.29) is 67.0 Å². The van der Waals surface area contributed by atoms with Crippen LogP contribution in [0.1, 0.15) is 39.9 Å². The number of imide groups is 1. The van der Waals surface area contributed by atoms with Crippen molar-refractivity contribution in [3.05, 3.63) is 52.6 Å². The highest BCUT2D eigenvalue weighted by molar-refractivity contribution is 6.44. The van der Waals surface area contributed by atoms with Crippen LogP contribution < -0.4 is 21.0 Å². The van der Waals surface area contributed by atoms with Crippen LogP contribution in [0.4, 0.5) is 0 Å². The van der Waals surface area contributed by atoms with Gasteiger partial charge in [-0.15, -0.1) is 0 Å². The smallest absolute Gasteiger partial charge is 0.255 e. The maximum atomic E-state index is 13.1. The highest BCUT2D eigenvalue weighted by atomic mass is 16.5. The number of morpholine rings is 1. The molecule has 13 heteroatoms. The molecule has 1 atom stereocenters. The van der Waals surface area contributed by atoms with Crippen molar-refractivity contribution in [2.24, 2.45) is 0 Å². The summed E-state index contributed by atoms with van der Waals surface area (Å²) in [5.41, 5.74) is 2.25. The molecule has 0 aromatic heterocycles. The van der Waals surface area contributed by atoms with Gasteiger partial charge >= 0.3 is 0 Å². The minimum absolute atomic E-state index is 0.0148. The molecule has 9 nitrogen and oxygen atoms in total. The van der Waals surface area contributed by atoms with Crippen LogP contribution in [0, 0.1) is 0 Å². The fraction of sp³-hybridized carbons (Fsp3) is 0.360. The molecule has 2 fully saturated rings. The van der Waals surface area contributed by atoms with E-state index in [4.69, 9.17) is 40.9 Å². The van der Waals surface area contributed by atoms with Gasteiger partial charge < -0.3 is 19.3 Å². The summed E-state index contributed by atoms with van der Waals surface area (Å²) in [6, 6.07) is 7.21. The number of piperidine rings is 1. The van der Waals surface area contributed by atoms with Gasteiger partial charge in [-0.1, -0.05) is 29.1 Å². The fourth-order valence-corrected chi connectivity index (χ4v) is 4.97. The van der Waals surface area contributed by atoms with Crippen LogP contribution in [0.25, 0.3) is 0 Å². The quantitative estimate of drug-likeness (QED) is 0.359. The lowest BCUT2D eigenvalue weighted by molar-refractivity contribution is -0.143. The molecule has 3 aliphatic rings.